The van der Waals surface area contributed by atoms with E-state index in [2.05, 4.69) is 53.4 Å². The number of fused-ring (bicyclic) bond motifs is 2. The Hall–Kier alpha value is -3.56. The van der Waals surface area contributed by atoms with Gasteiger partial charge in [-0.3, -0.25) is 0 Å². The van der Waals surface area contributed by atoms with E-state index >= 15 is 0 Å². The Balaban J connectivity index is 1.69. The standard InChI is InChI=1S/C29H31N3O3/c1-29(2,3)35-28(33)32-12-11-23-25(18-30)27(31-13-15-34-16-14-31)17-24(26(23)19-32)22-10-6-8-20-7-4-5-9-21(20)22/h4-10,17H,11-16,19H2,1-3H3. The lowest BCUT2D eigenvalue weighted by molar-refractivity contribution is 0.0224. The fourth-order valence-corrected chi connectivity index (χ4v) is 5.10. The van der Waals surface area contributed by atoms with Crippen LogP contribution in [0.1, 0.15) is 37.5 Å². The minimum atomic E-state index is -0.562. The van der Waals surface area contributed by atoms with Gasteiger partial charge in [-0.1, -0.05) is 42.5 Å². The number of ether oxygens (including phenoxy) is 2. The maximum atomic E-state index is 13.0. The zero-order valence-electron chi connectivity index (χ0n) is 20.6. The van der Waals surface area contributed by atoms with E-state index in [1.54, 1.807) is 4.90 Å². The highest BCUT2D eigenvalue weighted by molar-refractivity contribution is 5.98. The molecular weight excluding hydrogens is 438 g/mol. The summed E-state index contributed by atoms with van der Waals surface area (Å²) in [4.78, 5) is 17.0. The molecule has 3 aromatic carbocycles. The molecule has 0 aromatic heterocycles. The van der Waals surface area contributed by atoms with Crippen LogP contribution in [0.4, 0.5) is 10.5 Å². The summed E-state index contributed by atoms with van der Waals surface area (Å²) in [6.07, 6.45) is 0.302. The molecule has 3 aromatic rings. The molecule has 6 nitrogen and oxygen atoms in total. The first kappa shape index (κ1) is 23.2. The zero-order chi connectivity index (χ0) is 24.6. The van der Waals surface area contributed by atoms with Crippen LogP contribution in [0, 0.1) is 11.3 Å². The number of amides is 1. The summed E-state index contributed by atoms with van der Waals surface area (Å²) in [5.41, 5.74) is 5.38. The number of benzene rings is 3. The van der Waals surface area contributed by atoms with Crippen LogP contribution >= 0.6 is 0 Å². The van der Waals surface area contributed by atoms with E-state index in [0.29, 0.717) is 32.7 Å². The Morgan fingerprint density at radius 1 is 1.00 bits per heavy atom. The smallest absolute Gasteiger partial charge is 0.410 e. The number of carbonyl (C=O) groups excluding carboxylic acids is 1. The summed E-state index contributed by atoms with van der Waals surface area (Å²) in [5, 5.41) is 12.6. The third kappa shape index (κ3) is 4.56. The highest BCUT2D eigenvalue weighted by Crippen LogP contribution is 2.41. The summed E-state index contributed by atoms with van der Waals surface area (Å²) in [6, 6.07) is 19.3. The molecule has 2 heterocycles. The van der Waals surface area contributed by atoms with Crippen molar-refractivity contribution < 1.29 is 14.3 Å². The monoisotopic (exact) mass is 469 g/mol. The topological polar surface area (TPSA) is 65.8 Å². The average Bonchev–Trinajstić information content (AvgIpc) is 2.86. The molecule has 35 heavy (non-hydrogen) atoms. The minimum Gasteiger partial charge on any atom is -0.444 e. The van der Waals surface area contributed by atoms with Crippen molar-refractivity contribution in [1.29, 1.82) is 5.26 Å². The van der Waals surface area contributed by atoms with Crippen LogP contribution in [-0.2, 0) is 22.4 Å². The van der Waals surface area contributed by atoms with Gasteiger partial charge in [0.2, 0.25) is 0 Å². The summed E-state index contributed by atoms with van der Waals surface area (Å²) >= 11 is 0. The van der Waals surface area contributed by atoms with Gasteiger partial charge in [0.1, 0.15) is 11.7 Å². The van der Waals surface area contributed by atoms with Crippen LogP contribution in [0.3, 0.4) is 0 Å². The van der Waals surface area contributed by atoms with Crippen molar-refractivity contribution in [2.24, 2.45) is 0 Å². The van der Waals surface area contributed by atoms with E-state index in [0.717, 1.165) is 57.4 Å². The number of anilines is 1. The van der Waals surface area contributed by atoms with Gasteiger partial charge < -0.3 is 19.3 Å². The first-order valence-corrected chi connectivity index (χ1v) is 12.2. The van der Waals surface area contributed by atoms with Gasteiger partial charge in [0, 0.05) is 26.2 Å². The molecule has 1 fully saturated rings. The zero-order valence-corrected chi connectivity index (χ0v) is 20.6. The van der Waals surface area contributed by atoms with Gasteiger partial charge in [0.25, 0.3) is 0 Å². The Kier molecular flexibility index (Phi) is 6.12. The molecule has 6 heteroatoms. The van der Waals surface area contributed by atoms with Crippen LogP contribution < -0.4 is 4.90 Å². The molecule has 1 amide bonds. The summed E-state index contributed by atoms with van der Waals surface area (Å²) in [6.45, 7) is 9.40. The maximum absolute atomic E-state index is 13.0. The van der Waals surface area contributed by atoms with Gasteiger partial charge >= 0.3 is 6.09 Å². The Labute approximate surface area is 206 Å². The highest BCUT2D eigenvalue weighted by Gasteiger charge is 2.31. The fraction of sp³-hybridized carbons (Fsp3) is 0.379. The number of nitrogens with zero attached hydrogens (tertiary/aromatic N) is 3. The van der Waals surface area contributed by atoms with Gasteiger partial charge in [-0.2, -0.15) is 5.26 Å². The molecule has 0 bridgehead atoms. The molecule has 2 aliphatic rings. The molecule has 0 radical (unpaired) electrons. The van der Waals surface area contributed by atoms with E-state index in [4.69, 9.17) is 9.47 Å². The van der Waals surface area contributed by atoms with Crippen LogP contribution in [0.5, 0.6) is 0 Å². The third-order valence-electron chi connectivity index (χ3n) is 6.70. The summed E-state index contributed by atoms with van der Waals surface area (Å²) in [7, 11) is 0. The number of rotatable bonds is 2. The van der Waals surface area contributed by atoms with Gasteiger partial charge in [0.05, 0.1) is 24.5 Å². The first-order valence-electron chi connectivity index (χ1n) is 12.2. The number of morpholine rings is 1. The predicted octanol–water partition coefficient (Wildman–Crippen LogP) is 5.51. The van der Waals surface area contributed by atoms with Crippen molar-refractivity contribution in [3.05, 3.63) is 65.2 Å². The normalized spacial score (nSPS) is 16.1. The first-order chi connectivity index (χ1) is 16.9. The van der Waals surface area contributed by atoms with Crippen molar-refractivity contribution in [1.82, 2.24) is 4.90 Å². The molecule has 0 spiro atoms. The SMILES string of the molecule is CC(C)(C)OC(=O)N1CCc2c(C#N)c(N3CCOCC3)cc(-c3cccc4ccccc34)c2C1. The Morgan fingerprint density at radius 2 is 1.74 bits per heavy atom. The van der Waals surface area contributed by atoms with Crippen LogP contribution in [-0.4, -0.2) is 49.4 Å². The van der Waals surface area contributed by atoms with E-state index < -0.39 is 5.60 Å². The third-order valence-corrected chi connectivity index (χ3v) is 6.70. The van der Waals surface area contributed by atoms with Crippen molar-refractivity contribution in [2.45, 2.75) is 39.3 Å². The lowest BCUT2D eigenvalue weighted by atomic mass is 9.85. The van der Waals surface area contributed by atoms with Gasteiger partial charge in [-0.05, 0) is 66.3 Å². The van der Waals surface area contributed by atoms with Gasteiger partial charge in [-0.15, -0.1) is 0 Å². The van der Waals surface area contributed by atoms with Gasteiger partial charge in [0.15, 0.2) is 0 Å². The van der Waals surface area contributed by atoms with E-state index in [9.17, 15) is 10.1 Å². The maximum Gasteiger partial charge on any atom is 0.410 e. The second kappa shape index (κ2) is 9.24. The number of hydrogen-bond donors (Lipinski definition) is 0. The molecule has 180 valence electrons. The molecule has 2 aliphatic heterocycles. The lowest BCUT2D eigenvalue weighted by Gasteiger charge is -2.36. The number of carbonyl (C=O) groups is 1. The summed E-state index contributed by atoms with van der Waals surface area (Å²) < 4.78 is 11.3. The van der Waals surface area contributed by atoms with Crippen molar-refractivity contribution in [2.75, 3.05) is 37.7 Å². The lowest BCUT2D eigenvalue weighted by Crippen LogP contribution is -2.41. The van der Waals surface area contributed by atoms with Crippen LogP contribution in [0.15, 0.2) is 48.5 Å². The molecule has 5 rings (SSSR count). The molecule has 0 atom stereocenters. The predicted molar refractivity (Wildman–Crippen MR) is 137 cm³/mol. The molecule has 0 unspecified atom stereocenters. The second-order valence-corrected chi connectivity index (χ2v) is 10.2. The molecule has 0 aliphatic carbocycles. The number of hydrogen-bond acceptors (Lipinski definition) is 5. The quantitative estimate of drug-likeness (QED) is 0.495. The van der Waals surface area contributed by atoms with Crippen LogP contribution in [0.25, 0.3) is 21.9 Å². The van der Waals surface area contributed by atoms with Crippen molar-refractivity contribution in [3.8, 4) is 17.2 Å². The van der Waals surface area contributed by atoms with Crippen molar-refractivity contribution in [3.63, 3.8) is 0 Å². The van der Waals surface area contributed by atoms with E-state index in [1.807, 2.05) is 26.8 Å². The molecule has 0 saturated carbocycles. The second-order valence-electron chi connectivity index (χ2n) is 10.2. The Bertz CT molecular complexity index is 1310. The van der Waals surface area contributed by atoms with Gasteiger partial charge in [-0.25, -0.2) is 4.79 Å². The van der Waals surface area contributed by atoms with E-state index in [1.165, 1.54) is 0 Å². The van der Waals surface area contributed by atoms with Crippen LogP contribution in [0.2, 0.25) is 0 Å². The molecular formula is C29H31N3O3. The number of nitriles is 1. The highest BCUT2D eigenvalue weighted by atomic mass is 16.6. The minimum absolute atomic E-state index is 0.317. The Morgan fingerprint density at radius 3 is 2.49 bits per heavy atom. The summed E-state index contributed by atoms with van der Waals surface area (Å²) in [5.74, 6) is 0. The van der Waals surface area contributed by atoms with Crippen molar-refractivity contribution >= 4 is 22.6 Å². The molecule has 0 N–H and O–H groups in total. The van der Waals surface area contributed by atoms with E-state index in [-0.39, 0.29) is 6.09 Å². The fourth-order valence-electron chi connectivity index (χ4n) is 5.10. The molecule has 1 saturated heterocycles. The largest absolute Gasteiger partial charge is 0.444 e. The average molecular weight is 470 g/mol.